The summed E-state index contributed by atoms with van der Waals surface area (Å²) in [6, 6.07) is 0. The van der Waals surface area contributed by atoms with Crippen molar-refractivity contribution in [1.29, 1.82) is 0 Å². The first-order chi connectivity index (χ1) is 12.3. The van der Waals surface area contributed by atoms with E-state index in [4.69, 9.17) is 19.0 Å². The van der Waals surface area contributed by atoms with Crippen molar-refractivity contribution in [2.75, 3.05) is 13.1 Å². The van der Waals surface area contributed by atoms with E-state index in [9.17, 15) is 4.79 Å². The molecule has 0 bridgehead atoms. The topological polar surface area (TPSA) is 60.9 Å². The van der Waals surface area contributed by atoms with E-state index in [0.717, 1.165) is 21.9 Å². The van der Waals surface area contributed by atoms with Crippen LogP contribution in [-0.2, 0) is 14.0 Å². The summed E-state index contributed by atoms with van der Waals surface area (Å²) in [6.07, 6.45) is 0.652. The third-order valence-corrected chi connectivity index (χ3v) is 6.85. The zero-order valence-corrected chi connectivity index (χ0v) is 18.5. The van der Waals surface area contributed by atoms with Gasteiger partial charge in [-0.3, -0.25) is 0 Å². The van der Waals surface area contributed by atoms with Gasteiger partial charge in [-0.2, -0.15) is 0 Å². The molecule has 6 nitrogen and oxygen atoms in total. The SMILES string of the molecule is Cc1nc(C2CCN(C(=O)OC(C)(C)C)C2)sc1B1OC(C)(C)C(C)(C)O1. The first-order valence-electron chi connectivity index (χ1n) is 9.60. The van der Waals surface area contributed by atoms with Crippen LogP contribution in [0.5, 0.6) is 0 Å². The van der Waals surface area contributed by atoms with Gasteiger partial charge in [-0.1, -0.05) is 0 Å². The normalized spacial score (nSPS) is 24.5. The van der Waals surface area contributed by atoms with Gasteiger partial charge in [-0.15, -0.1) is 11.3 Å². The molecule has 150 valence electrons. The third-order valence-electron chi connectivity index (χ3n) is 5.51. The number of amides is 1. The van der Waals surface area contributed by atoms with Crippen LogP contribution in [0.25, 0.3) is 0 Å². The van der Waals surface area contributed by atoms with Crippen molar-refractivity contribution in [2.45, 2.75) is 84.5 Å². The lowest BCUT2D eigenvalue weighted by Crippen LogP contribution is -2.41. The Bertz CT molecular complexity index is 710. The van der Waals surface area contributed by atoms with Gasteiger partial charge in [0, 0.05) is 24.7 Å². The zero-order chi connectivity index (χ0) is 20.2. The molecule has 1 amide bonds. The highest BCUT2D eigenvalue weighted by Gasteiger charge is 2.53. The van der Waals surface area contributed by atoms with E-state index in [-0.39, 0.29) is 30.3 Å². The summed E-state index contributed by atoms with van der Waals surface area (Å²) in [5.41, 5.74) is -0.259. The number of likely N-dealkylation sites (tertiary alicyclic amines) is 1. The molecule has 0 saturated carbocycles. The highest BCUT2D eigenvalue weighted by Crippen LogP contribution is 2.38. The van der Waals surface area contributed by atoms with E-state index >= 15 is 0 Å². The van der Waals surface area contributed by atoms with Gasteiger partial charge in [0.1, 0.15) is 5.60 Å². The molecule has 3 rings (SSSR count). The molecule has 3 heterocycles. The summed E-state index contributed by atoms with van der Waals surface area (Å²) in [5, 5.41) is 1.04. The lowest BCUT2D eigenvalue weighted by molar-refractivity contribution is 0.00578. The van der Waals surface area contributed by atoms with Gasteiger partial charge in [0.05, 0.1) is 21.0 Å². The van der Waals surface area contributed by atoms with E-state index in [2.05, 4.69) is 27.7 Å². The molecule has 2 saturated heterocycles. The highest BCUT2D eigenvalue weighted by atomic mass is 32.1. The van der Waals surface area contributed by atoms with Gasteiger partial charge in [0.25, 0.3) is 0 Å². The Morgan fingerprint density at radius 2 is 1.85 bits per heavy atom. The maximum Gasteiger partial charge on any atom is 0.507 e. The second kappa shape index (κ2) is 6.74. The second-order valence-corrected chi connectivity index (χ2v) is 10.6. The number of rotatable bonds is 2. The fraction of sp³-hybridized carbons (Fsp3) is 0.789. The minimum Gasteiger partial charge on any atom is -0.444 e. The number of ether oxygens (including phenoxy) is 1. The maximum atomic E-state index is 12.3. The molecular formula is C19H31BN2O4S. The van der Waals surface area contributed by atoms with Crippen molar-refractivity contribution in [1.82, 2.24) is 9.88 Å². The molecule has 27 heavy (non-hydrogen) atoms. The van der Waals surface area contributed by atoms with E-state index in [1.165, 1.54) is 0 Å². The zero-order valence-electron chi connectivity index (χ0n) is 17.7. The van der Waals surface area contributed by atoms with Crippen LogP contribution < -0.4 is 4.78 Å². The largest absolute Gasteiger partial charge is 0.507 e. The molecule has 2 aliphatic heterocycles. The summed E-state index contributed by atoms with van der Waals surface area (Å²) in [6.45, 7) is 17.2. The van der Waals surface area contributed by atoms with Crippen LogP contribution in [0.1, 0.15) is 71.5 Å². The molecule has 0 radical (unpaired) electrons. The van der Waals surface area contributed by atoms with Crippen molar-refractivity contribution < 1.29 is 18.8 Å². The van der Waals surface area contributed by atoms with Crippen molar-refractivity contribution in [3.8, 4) is 0 Å². The van der Waals surface area contributed by atoms with Crippen LogP contribution >= 0.6 is 11.3 Å². The van der Waals surface area contributed by atoms with E-state index < -0.39 is 5.60 Å². The molecule has 1 atom stereocenters. The minimum atomic E-state index is -0.475. The lowest BCUT2D eigenvalue weighted by Gasteiger charge is -2.32. The summed E-state index contributed by atoms with van der Waals surface area (Å²) in [7, 11) is -0.385. The predicted molar refractivity (Wildman–Crippen MR) is 108 cm³/mol. The number of carbonyl (C=O) groups excluding carboxylic acids is 1. The number of nitrogens with zero attached hydrogens (tertiary/aromatic N) is 2. The summed E-state index contributed by atoms with van der Waals surface area (Å²) >= 11 is 1.64. The molecule has 0 aromatic carbocycles. The van der Waals surface area contributed by atoms with Crippen molar-refractivity contribution >= 4 is 29.3 Å². The Balaban J connectivity index is 1.70. The number of hydrogen-bond acceptors (Lipinski definition) is 6. The Hall–Kier alpha value is -1.12. The summed E-state index contributed by atoms with van der Waals surface area (Å²) in [4.78, 5) is 18.9. The molecule has 1 aromatic rings. The fourth-order valence-electron chi connectivity index (χ4n) is 3.23. The Labute approximate surface area is 166 Å². The Morgan fingerprint density at radius 3 is 2.41 bits per heavy atom. The number of carbonyl (C=O) groups is 1. The minimum absolute atomic E-state index is 0.234. The molecule has 0 spiro atoms. The summed E-state index contributed by atoms with van der Waals surface area (Å²) in [5.74, 6) is 0.234. The molecule has 2 aliphatic rings. The second-order valence-electron chi connectivity index (χ2n) is 9.50. The third kappa shape index (κ3) is 4.17. The van der Waals surface area contributed by atoms with E-state index in [1.54, 1.807) is 16.2 Å². The number of hydrogen-bond donors (Lipinski definition) is 0. The van der Waals surface area contributed by atoms with E-state index in [0.29, 0.717) is 13.1 Å². The Morgan fingerprint density at radius 1 is 1.26 bits per heavy atom. The quantitative estimate of drug-likeness (QED) is 0.719. The molecule has 1 unspecified atom stereocenters. The average Bonchev–Trinajstić information content (AvgIpc) is 3.14. The van der Waals surface area contributed by atoms with Crippen LogP contribution in [-0.4, -0.2) is 53.0 Å². The van der Waals surface area contributed by atoms with Crippen LogP contribution in [0, 0.1) is 6.92 Å². The molecule has 0 N–H and O–H groups in total. The van der Waals surface area contributed by atoms with Gasteiger partial charge >= 0.3 is 13.2 Å². The molecule has 1 aromatic heterocycles. The van der Waals surface area contributed by atoms with E-state index in [1.807, 2.05) is 27.7 Å². The standard InChI is InChI=1S/C19H31BN2O4S/c1-12-14(20-25-18(5,6)19(7,8)26-20)27-15(21-12)13-9-10-22(11-13)16(23)24-17(2,3)4/h13H,9-11H2,1-8H3. The van der Waals surface area contributed by atoms with Gasteiger partial charge < -0.3 is 18.9 Å². The van der Waals surface area contributed by atoms with Crippen LogP contribution in [0.2, 0.25) is 0 Å². The highest BCUT2D eigenvalue weighted by molar-refractivity contribution is 7.22. The lowest BCUT2D eigenvalue weighted by atomic mass is 9.86. The molecule has 8 heteroatoms. The average molecular weight is 394 g/mol. The van der Waals surface area contributed by atoms with Gasteiger partial charge in [0.2, 0.25) is 0 Å². The Kier molecular flexibility index (Phi) is 5.15. The van der Waals surface area contributed by atoms with Gasteiger partial charge in [0.15, 0.2) is 0 Å². The van der Waals surface area contributed by atoms with Crippen molar-refractivity contribution in [3.05, 3.63) is 10.7 Å². The number of thiazole rings is 1. The van der Waals surface area contributed by atoms with Crippen molar-refractivity contribution in [3.63, 3.8) is 0 Å². The first-order valence-corrected chi connectivity index (χ1v) is 10.4. The van der Waals surface area contributed by atoms with Crippen LogP contribution in [0.3, 0.4) is 0 Å². The predicted octanol–water partition coefficient (Wildman–Crippen LogP) is 3.48. The molecule has 2 fully saturated rings. The first kappa shape index (κ1) is 20.6. The number of aromatic nitrogens is 1. The smallest absolute Gasteiger partial charge is 0.444 e. The van der Waals surface area contributed by atoms with Gasteiger partial charge in [-0.05, 0) is 61.8 Å². The maximum absolute atomic E-state index is 12.3. The molecule has 0 aliphatic carbocycles. The monoisotopic (exact) mass is 394 g/mol. The molecular weight excluding hydrogens is 363 g/mol. The fourth-order valence-corrected chi connectivity index (χ4v) is 4.38. The summed E-state index contributed by atoms with van der Waals surface area (Å²) < 4.78 is 18.9. The van der Waals surface area contributed by atoms with Gasteiger partial charge in [-0.25, -0.2) is 9.78 Å². The van der Waals surface area contributed by atoms with Crippen molar-refractivity contribution in [2.24, 2.45) is 0 Å². The van der Waals surface area contributed by atoms with Crippen LogP contribution in [0.15, 0.2) is 0 Å². The van der Waals surface area contributed by atoms with Crippen LogP contribution in [0.4, 0.5) is 4.79 Å². The number of aryl methyl sites for hydroxylation is 1.